The van der Waals surface area contributed by atoms with Gasteiger partial charge < -0.3 is 10.1 Å². The molecule has 0 radical (unpaired) electrons. The normalized spacial score (nSPS) is 29.4. The second kappa shape index (κ2) is 6.58. The fraction of sp³-hybridized carbons (Fsp3) is 1.00. The fourth-order valence-electron chi connectivity index (χ4n) is 2.80. The molecule has 0 aromatic heterocycles. The molecule has 2 aliphatic rings. The van der Waals surface area contributed by atoms with Gasteiger partial charge in [-0.25, -0.2) is 0 Å². The van der Waals surface area contributed by atoms with Crippen LogP contribution < -0.4 is 5.32 Å². The van der Waals surface area contributed by atoms with E-state index in [9.17, 15) is 0 Å². The van der Waals surface area contributed by atoms with Gasteiger partial charge in [0.1, 0.15) is 0 Å². The van der Waals surface area contributed by atoms with Gasteiger partial charge in [0.2, 0.25) is 0 Å². The Morgan fingerprint density at radius 2 is 2.06 bits per heavy atom. The van der Waals surface area contributed by atoms with Gasteiger partial charge in [-0.1, -0.05) is 19.3 Å². The molecule has 2 fully saturated rings. The van der Waals surface area contributed by atoms with Crippen molar-refractivity contribution in [1.29, 1.82) is 0 Å². The Hall–Kier alpha value is -0.120. The number of piperazine rings is 1. The molecule has 2 rings (SSSR count). The molecule has 1 aliphatic carbocycles. The standard InChI is InChI=1S/C13H26N2O/c1-12-11-15(8-7-14-12)9-10-16-13-5-3-2-4-6-13/h12-14H,2-11H2,1H3. The summed E-state index contributed by atoms with van der Waals surface area (Å²) in [4.78, 5) is 2.52. The largest absolute Gasteiger partial charge is 0.377 e. The fourth-order valence-corrected chi connectivity index (χ4v) is 2.80. The molecule has 1 atom stereocenters. The third-order valence-corrected chi connectivity index (χ3v) is 3.77. The van der Waals surface area contributed by atoms with Crippen LogP contribution in [0.3, 0.4) is 0 Å². The molecule has 1 saturated carbocycles. The number of hydrogen-bond donors (Lipinski definition) is 1. The first-order chi connectivity index (χ1) is 7.84. The zero-order chi connectivity index (χ0) is 11.2. The Bertz CT molecular complexity index is 192. The smallest absolute Gasteiger partial charge is 0.0597 e. The second-order valence-electron chi connectivity index (χ2n) is 5.29. The first-order valence-electron chi connectivity index (χ1n) is 6.92. The van der Waals surface area contributed by atoms with Crippen molar-refractivity contribution in [1.82, 2.24) is 10.2 Å². The minimum absolute atomic E-state index is 0.564. The van der Waals surface area contributed by atoms with Crippen molar-refractivity contribution >= 4 is 0 Å². The highest BCUT2D eigenvalue weighted by molar-refractivity contribution is 4.74. The SMILES string of the molecule is CC1CN(CCOC2CCCCC2)CCN1. The van der Waals surface area contributed by atoms with E-state index in [1.807, 2.05) is 0 Å². The molecule has 1 saturated heterocycles. The lowest BCUT2D eigenvalue weighted by Crippen LogP contribution is -2.50. The van der Waals surface area contributed by atoms with E-state index in [-0.39, 0.29) is 0 Å². The highest BCUT2D eigenvalue weighted by Crippen LogP contribution is 2.20. The lowest BCUT2D eigenvalue weighted by Gasteiger charge is -2.32. The van der Waals surface area contributed by atoms with Crippen molar-refractivity contribution in [2.45, 2.75) is 51.2 Å². The van der Waals surface area contributed by atoms with Crippen LogP contribution in [-0.4, -0.2) is 49.8 Å². The summed E-state index contributed by atoms with van der Waals surface area (Å²) >= 11 is 0. The summed E-state index contributed by atoms with van der Waals surface area (Å²) < 4.78 is 5.96. The summed E-state index contributed by atoms with van der Waals surface area (Å²) in [6.45, 7) is 7.78. The molecule has 0 bridgehead atoms. The zero-order valence-electron chi connectivity index (χ0n) is 10.6. The van der Waals surface area contributed by atoms with Crippen LogP contribution in [0.4, 0.5) is 0 Å². The molecule has 16 heavy (non-hydrogen) atoms. The van der Waals surface area contributed by atoms with Crippen LogP contribution in [0, 0.1) is 0 Å². The van der Waals surface area contributed by atoms with Gasteiger partial charge >= 0.3 is 0 Å². The van der Waals surface area contributed by atoms with Gasteiger partial charge in [0.15, 0.2) is 0 Å². The topological polar surface area (TPSA) is 24.5 Å². The number of nitrogens with one attached hydrogen (secondary N) is 1. The molecule has 3 heteroatoms. The van der Waals surface area contributed by atoms with Gasteiger partial charge in [-0.3, -0.25) is 4.90 Å². The minimum Gasteiger partial charge on any atom is -0.377 e. The average molecular weight is 226 g/mol. The maximum atomic E-state index is 5.96. The summed E-state index contributed by atoms with van der Waals surface area (Å²) in [5.41, 5.74) is 0. The van der Waals surface area contributed by atoms with Crippen LogP contribution in [0.25, 0.3) is 0 Å². The monoisotopic (exact) mass is 226 g/mol. The van der Waals surface area contributed by atoms with Crippen LogP contribution in [0.15, 0.2) is 0 Å². The van der Waals surface area contributed by atoms with Crippen molar-refractivity contribution in [3.63, 3.8) is 0 Å². The van der Waals surface area contributed by atoms with Crippen molar-refractivity contribution in [2.75, 3.05) is 32.8 Å². The summed E-state index contributed by atoms with van der Waals surface area (Å²) in [7, 11) is 0. The summed E-state index contributed by atoms with van der Waals surface area (Å²) in [5.74, 6) is 0. The van der Waals surface area contributed by atoms with E-state index in [1.54, 1.807) is 0 Å². The third kappa shape index (κ3) is 4.04. The number of ether oxygens (including phenoxy) is 1. The lowest BCUT2D eigenvalue weighted by molar-refractivity contribution is 0.0132. The Kier molecular flexibility index (Phi) is 5.07. The molecule has 0 spiro atoms. The van der Waals surface area contributed by atoms with Crippen LogP contribution in [0.1, 0.15) is 39.0 Å². The Labute approximate surface area is 99.5 Å². The predicted molar refractivity (Wildman–Crippen MR) is 66.7 cm³/mol. The molecule has 1 unspecified atom stereocenters. The molecular weight excluding hydrogens is 200 g/mol. The molecule has 0 aromatic rings. The van der Waals surface area contributed by atoms with E-state index in [4.69, 9.17) is 4.74 Å². The highest BCUT2D eigenvalue weighted by Gasteiger charge is 2.17. The summed E-state index contributed by atoms with van der Waals surface area (Å²) in [6.07, 6.45) is 7.30. The molecule has 1 N–H and O–H groups in total. The van der Waals surface area contributed by atoms with Crippen LogP contribution in [-0.2, 0) is 4.74 Å². The maximum Gasteiger partial charge on any atom is 0.0597 e. The zero-order valence-corrected chi connectivity index (χ0v) is 10.6. The number of hydrogen-bond acceptors (Lipinski definition) is 3. The average Bonchev–Trinajstić information content (AvgIpc) is 2.30. The molecule has 94 valence electrons. The van der Waals surface area contributed by atoms with Crippen molar-refractivity contribution in [2.24, 2.45) is 0 Å². The van der Waals surface area contributed by atoms with Gasteiger partial charge in [0.25, 0.3) is 0 Å². The van der Waals surface area contributed by atoms with Crippen LogP contribution >= 0.6 is 0 Å². The first-order valence-corrected chi connectivity index (χ1v) is 6.92. The first kappa shape index (κ1) is 12.3. The quantitative estimate of drug-likeness (QED) is 0.788. The Morgan fingerprint density at radius 1 is 1.25 bits per heavy atom. The van der Waals surface area contributed by atoms with E-state index >= 15 is 0 Å². The van der Waals surface area contributed by atoms with Gasteiger partial charge in [0.05, 0.1) is 12.7 Å². The molecule has 3 nitrogen and oxygen atoms in total. The van der Waals surface area contributed by atoms with Gasteiger partial charge in [-0.05, 0) is 19.8 Å². The van der Waals surface area contributed by atoms with Crippen molar-refractivity contribution in [3.8, 4) is 0 Å². The minimum atomic E-state index is 0.564. The molecule has 1 heterocycles. The van der Waals surface area contributed by atoms with Crippen molar-refractivity contribution in [3.05, 3.63) is 0 Å². The third-order valence-electron chi connectivity index (χ3n) is 3.77. The number of nitrogens with zero attached hydrogens (tertiary/aromatic N) is 1. The second-order valence-corrected chi connectivity index (χ2v) is 5.29. The van der Waals surface area contributed by atoms with Gasteiger partial charge in [-0.2, -0.15) is 0 Å². The van der Waals surface area contributed by atoms with Crippen LogP contribution in [0.2, 0.25) is 0 Å². The predicted octanol–water partition coefficient (Wildman–Crippen LogP) is 1.63. The van der Waals surface area contributed by atoms with Crippen LogP contribution in [0.5, 0.6) is 0 Å². The van der Waals surface area contributed by atoms with E-state index in [1.165, 1.54) is 45.2 Å². The lowest BCUT2D eigenvalue weighted by atomic mass is 9.98. The van der Waals surface area contributed by atoms with Gasteiger partial charge in [0, 0.05) is 32.2 Å². The summed E-state index contributed by atoms with van der Waals surface area (Å²) in [5, 5.41) is 3.47. The van der Waals surface area contributed by atoms with E-state index in [2.05, 4.69) is 17.1 Å². The molecule has 0 aromatic carbocycles. The summed E-state index contributed by atoms with van der Waals surface area (Å²) in [6, 6.07) is 0.642. The maximum absolute atomic E-state index is 5.96. The van der Waals surface area contributed by atoms with E-state index in [0.717, 1.165) is 19.7 Å². The molecule has 1 aliphatic heterocycles. The molecular formula is C13H26N2O. The van der Waals surface area contributed by atoms with Gasteiger partial charge in [-0.15, -0.1) is 0 Å². The Morgan fingerprint density at radius 3 is 2.81 bits per heavy atom. The number of rotatable bonds is 4. The van der Waals surface area contributed by atoms with E-state index in [0.29, 0.717) is 12.1 Å². The highest BCUT2D eigenvalue weighted by atomic mass is 16.5. The van der Waals surface area contributed by atoms with Crippen molar-refractivity contribution < 1.29 is 4.74 Å². The van der Waals surface area contributed by atoms with E-state index < -0.39 is 0 Å². The molecule has 0 amide bonds. The Balaban J connectivity index is 1.56.